The predicted molar refractivity (Wildman–Crippen MR) is 94.5 cm³/mol. The molecule has 0 bridgehead atoms. The maximum Gasteiger partial charge on any atom is 0.406 e. The summed E-state index contributed by atoms with van der Waals surface area (Å²) in [6, 6.07) is 4.13. The topological polar surface area (TPSA) is 72.0 Å². The number of rotatable bonds is 6. The van der Waals surface area contributed by atoms with Gasteiger partial charge in [-0.3, -0.25) is 10.3 Å². The molecule has 0 aliphatic rings. The van der Waals surface area contributed by atoms with Crippen LogP contribution in [0.1, 0.15) is 31.0 Å². The third-order valence-corrected chi connectivity index (χ3v) is 3.95. The highest BCUT2D eigenvalue weighted by Gasteiger charge is 2.48. The van der Waals surface area contributed by atoms with E-state index >= 15 is 0 Å². The van der Waals surface area contributed by atoms with Gasteiger partial charge in [-0.05, 0) is 31.5 Å². The van der Waals surface area contributed by atoms with E-state index in [4.69, 9.17) is 22.1 Å². The molecule has 9 heteroatoms. The molecule has 1 aromatic rings. The lowest BCUT2D eigenvalue weighted by Gasteiger charge is -2.33. The van der Waals surface area contributed by atoms with Gasteiger partial charge in [0.1, 0.15) is 5.54 Å². The van der Waals surface area contributed by atoms with Crippen LogP contribution in [-0.2, 0) is 4.74 Å². The number of hydrogen-bond acceptors (Lipinski definition) is 3. The van der Waals surface area contributed by atoms with Crippen LogP contribution >= 0.6 is 11.6 Å². The molecular formula is C16H22ClF3N4O. The molecule has 5 nitrogen and oxygen atoms in total. The number of amidine groups is 1. The molecule has 0 saturated carbocycles. The van der Waals surface area contributed by atoms with Gasteiger partial charge in [-0.1, -0.05) is 17.7 Å². The first-order valence-electron chi connectivity index (χ1n) is 7.41. The van der Waals surface area contributed by atoms with Crippen molar-refractivity contribution in [1.82, 2.24) is 5.32 Å². The van der Waals surface area contributed by atoms with E-state index < -0.39 is 17.8 Å². The SMILES string of the molecule is CN=C(N=CN)c1cc(C(COC)NC(C)(C)C(F)(F)F)ccc1Cl. The van der Waals surface area contributed by atoms with Gasteiger partial charge >= 0.3 is 6.18 Å². The lowest BCUT2D eigenvalue weighted by atomic mass is 9.98. The van der Waals surface area contributed by atoms with Crippen LogP contribution in [0.4, 0.5) is 13.2 Å². The lowest BCUT2D eigenvalue weighted by Crippen LogP contribution is -2.53. The molecule has 0 aromatic heterocycles. The van der Waals surface area contributed by atoms with E-state index in [9.17, 15) is 13.2 Å². The minimum absolute atomic E-state index is 0.0410. The summed E-state index contributed by atoms with van der Waals surface area (Å²) in [5, 5.41) is 2.95. The second kappa shape index (κ2) is 8.64. The first-order chi connectivity index (χ1) is 11.6. The zero-order valence-corrected chi connectivity index (χ0v) is 15.2. The summed E-state index contributed by atoms with van der Waals surface area (Å²) in [5.41, 5.74) is 4.22. The van der Waals surface area contributed by atoms with E-state index in [1.54, 1.807) is 18.2 Å². The molecule has 3 N–H and O–H groups in total. The Bertz CT molecular complexity index is 645. The molecule has 0 fully saturated rings. The van der Waals surface area contributed by atoms with Crippen molar-refractivity contribution in [3.8, 4) is 0 Å². The molecular weight excluding hydrogens is 357 g/mol. The van der Waals surface area contributed by atoms with Crippen molar-refractivity contribution in [3.63, 3.8) is 0 Å². The van der Waals surface area contributed by atoms with E-state index in [1.165, 1.54) is 14.2 Å². The van der Waals surface area contributed by atoms with E-state index in [2.05, 4.69) is 15.3 Å². The van der Waals surface area contributed by atoms with E-state index in [0.29, 0.717) is 16.1 Å². The number of aliphatic imine (C=N–C) groups is 2. The Labute approximate surface area is 150 Å². The van der Waals surface area contributed by atoms with E-state index in [0.717, 1.165) is 20.2 Å². The van der Waals surface area contributed by atoms with Gasteiger partial charge in [0.05, 0.1) is 24.0 Å². The molecule has 25 heavy (non-hydrogen) atoms. The molecule has 140 valence electrons. The fraction of sp³-hybridized carbons (Fsp3) is 0.500. The van der Waals surface area contributed by atoms with Crippen LogP contribution in [0.5, 0.6) is 0 Å². The molecule has 0 amide bonds. The number of nitrogens with two attached hydrogens (primary N) is 1. The fourth-order valence-electron chi connectivity index (χ4n) is 2.15. The number of alkyl halides is 3. The molecule has 0 heterocycles. The van der Waals surface area contributed by atoms with Crippen molar-refractivity contribution >= 4 is 23.8 Å². The number of hydrogen-bond donors (Lipinski definition) is 2. The number of halogens is 4. The number of methoxy groups -OCH3 is 1. The van der Waals surface area contributed by atoms with Crippen LogP contribution < -0.4 is 11.1 Å². The van der Waals surface area contributed by atoms with Crippen molar-refractivity contribution < 1.29 is 17.9 Å². The van der Waals surface area contributed by atoms with Crippen molar-refractivity contribution in [2.24, 2.45) is 15.7 Å². The minimum atomic E-state index is -4.42. The highest BCUT2D eigenvalue weighted by atomic mass is 35.5. The Kier molecular flexibility index (Phi) is 7.40. The van der Waals surface area contributed by atoms with Gasteiger partial charge in [0.25, 0.3) is 0 Å². The molecule has 0 saturated heterocycles. The van der Waals surface area contributed by atoms with Gasteiger partial charge in [-0.15, -0.1) is 0 Å². The zero-order chi connectivity index (χ0) is 19.3. The summed E-state index contributed by atoms with van der Waals surface area (Å²) in [6.45, 7) is 2.19. The molecule has 1 aromatic carbocycles. The van der Waals surface area contributed by atoms with Gasteiger partial charge in [-0.2, -0.15) is 13.2 Å². The molecule has 0 spiro atoms. The predicted octanol–water partition coefficient (Wildman–Crippen LogP) is 3.32. The summed E-state index contributed by atoms with van der Waals surface area (Å²) < 4.78 is 44.7. The van der Waals surface area contributed by atoms with Gasteiger partial charge in [0, 0.05) is 19.7 Å². The summed E-state index contributed by atoms with van der Waals surface area (Å²) >= 11 is 6.17. The van der Waals surface area contributed by atoms with Crippen molar-refractivity contribution in [1.29, 1.82) is 0 Å². The summed E-state index contributed by atoms with van der Waals surface area (Å²) in [5.74, 6) is 0.278. The molecule has 0 aliphatic heterocycles. The van der Waals surface area contributed by atoms with Crippen molar-refractivity contribution in [2.75, 3.05) is 20.8 Å². The largest absolute Gasteiger partial charge is 0.406 e. The zero-order valence-electron chi connectivity index (χ0n) is 14.5. The van der Waals surface area contributed by atoms with Crippen LogP contribution in [0, 0.1) is 0 Å². The summed E-state index contributed by atoms with van der Waals surface area (Å²) in [7, 11) is 2.94. The Morgan fingerprint density at radius 3 is 2.52 bits per heavy atom. The van der Waals surface area contributed by atoms with Gasteiger partial charge < -0.3 is 10.5 Å². The summed E-state index contributed by atoms with van der Waals surface area (Å²) in [6.07, 6.45) is -3.35. The average molecular weight is 379 g/mol. The number of benzene rings is 1. The van der Waals surface area contributed by atoms with E-state index in [1.807, 2.05) is 0 Å². The Hall–Kier alpha value is -1.64. The second-order valence-corrected chi connectivity index (χ2v) is 6.25. The molecule has 1 atom stereocenters. The third-order valence-electron chi connectivity index (χ3n) is 3.62. The van der Waals surface area contributed by atoms with Gasteiger partial charge in [-0.25, -0.2) is 4.99 Å². The van der Waals surface area contributed by atoms with Crippen molar-refractivity contribution in [3.05, 3.63) is 34.3 Å². The average Bonchev–Trinajstić information content (AvgIpc) is 2.51. The lowest BCUT2D eigenvalue weighted by molar-refractivity contribution is -0.189. The first kappa shape index (κ1) is 21.4. The highest BCUT2D eigenvalue weighted by molar-refractivity contribution is 6.34. The molecule has 0 radical (unpaired) electrons. The number of nitrogens with zero attached hydrogens (tertiary/aromatic N) is 2. The standard InChI is InChI=1S/C16H22ClF3N4O/c1-15(2,16(18,19)20)24-13(8-25-4)10-5-6-12(17)11(7-10)14(22-3)23-9-21/h5-7,9,13,24H,8H2,1-4H3,(H2,21,22,23). The second-order valence-electron chi connectivity index (χ2n) is 5.84. The van der Waals surface area contributed by atoms with Gasteiger partial charge in [0.2, 0.25) is 0 Å². The van der Waals surface area contributed by atoms with Gasteiger partial charge in [0.15, 0.2) is 5.84 Å². The maximum atomic E-state index is 13.2. The quantitative estimate of drug-likeness (QED) is 0.589. The fourth-order valence-corrected chi connectivity index (χ4v) is 2.36. The monoisotopic (exact) mass is 378 g/mol. The number of nitrogens with one attached hydrogen (secondary N) is 1. The molecule has 0 aliphatic carbocycles. The van der Waals surface area contributed by atoms with E-state index in [-0.39, 0.29) is 12.4 Å². The Balaban J connectivity index is 3.30. The van der Waals surface area contributed by atoms with Crippen molar-refractivity contribution in [2.45, 2.75) is 31.6 Å². The highest BCUT2D eigenvalue weighted by Crippen LogP contribution is 2.33. The van der Waals surface area contributed by atoms with Crippen LogP contribution in [0.15, 0.2) is 28.2 Å². The maximum absolute atomic E-state index is 13.2. The van der Waals surface area contributed by atoms with Crippen LogP contribution in [-0.4, -0.2) is 44.7 Å². The Morgan fingerprint density at radius 1 is 1.40 bits per heavy atom. The molecule has 1 unspecified atom stereocenters. The Morgan fingerprint density at radius 2 is 2.04 bits per heavy atom. The smallest absolute Gasteiger partial charge is 0.390 e. The summed E-state index contributed by atoms with van der Waals surface area (Å²) in [4.78, 5) is 7.91. The van der Waals surface area contributed by atoms with Crippen LogP contribution in [0.25, 0.3) is 0 Å². The normalized spacial score (nSPS) is 15.0. The minimum Gasteiger partial charge on any atom is -0.390 e. The third kappa shape index (κ3) is 5.42. The number of ether oxygens (including phenoxy) is 1. The van der Waals surface area contributed by atoms with Crippen LogP contribution in [0.2, 0.25) is 5.02 Å². The first-order valence-corrected chi connectivity index (χ1v) is 7.79. The molecule has 1 rings (SSSR count). The van der Waals surface area contributed by atoms with Crippen LogP contribution in [0.3, 0.4) is 0 Å².